The zero-order chi connectivity index (χ0) is 10.6. The molecule has 0 fully saturated rings. The van der Waals surface area contributed by atoms with E-state index >= 15 is 0 Å². The van der Waals surface area contributed by atoms with Crippen LogP contribution in [0, 0.1) is 5.41 Å². The van der Waals surface area contributed by atoms with Crippen LogP contribution in [-0.2, 0) is 0 Å². The molecular weight excluding hydrogens is 176 g/mol. The van der Waals surface area contributed by atoms with Gasteiger partial charge in [-0.3, -0.25) is 0 Å². The van der Waals surface area contributed by atoms with Gasteiger partial charge >= 0.3 is 0 Å². The molecule has 1 aromatic heterocycles. The van der Waals surface area contributed by atoms with E-state index in [4.69, 9.17) is 9.15 Å². The maximum atomic E-state index is 5.11. The van der Waals surface area contributed by atoms with Gasteiger partial charge in [-0.2, -0.15) is 0 Å². The van der Waals surface area contributed by atoms with Crippen molar-refractivity contribution in [2.24, 2.45) is 5.41 Å². The van der Waals surface area contributed by atoms with Crippen LogP contribution in [0.25, 0.3) is 6.08 Å². The first-order valence-corrected chi connectivity index (χ1v) is 4.53. The van der Waals surface area contributed by atoms with Crippen molar-refractivity contribution in [1.29, 1.82) is 0 Å². The second-order valence-corrected chi connectivity index (χ2v) is 3.76. The van der Waals surface area contributed by atoms with Crippen LogP contribution in [0.1, 0.15) is 19.4 Å². The van der Waals surface area contributed by atoms with Crippen molar-refractivity contribution in [3.05, 3.63) is 36.6 Å². The summed E-state index contributed by atoms with van der Waals surface area (Å²) in [6, 6.07) is 1.84. The molecule has 0 aromatic carbocycles. The Bertz CT molecular complexity index is 332. The van der Waals surface area contributed by atoms with Crippen molar-refractivity contribution in [2.75, 3.05) is 7.11 Å². The maximum absolute atomic E-state index is 5.11. The number of allylic oxidation sites excluding steroid dienone is 2. The lowest BCUT2D eigenvalue weighted by Crippen LogP contribution is -2.00. The van der Waals surface area contributed by atoms with Crippen LogP contribution in [0.2, 0.25) is 0 Å². The zero-order valence-corrected chi connectivity index (χ0v) is 8.91. The van der Waals surface area contributed by atoms with Crippen LogP contribution in [0.4, 0.5) is 0 Å². The fourth-order valence-electron chi connectivity index (χ4n) is 0.904. The number of hydrogen-bond donors (Lipinski definition) is 0. The van der Waals surface area contributed by atoms with Crippen molar-refractivity contribution in [1.82, 2.24) is 0 Å². The minimum absolute atomic E-state index is 0.00447. The molecule has 1 rings (SSSR count). The Morgan fingerprint density at radius 2 is 2.21 bits per heavy atom. The van der Waals surface area contributed by atoms with Crippen molar-refractivity contribution in [3.8, 4) is 5.95 Å². The molecule has 1 heterocycles. The van der Waals surface area contributed by atoms with E-state index in [1.165, 1.54) is 0 Å². The molecule has 0 atom stereocenters. The van der Waals surface area contributed by atoms with Crippen molar-refractivity contribution < 1.29 is 9.15 Å². The SMILES string of the molecule is C=CC(C)(C)/C=C/c1coc(OC)c1. The van der Waals surface area contributed by atoms with Gasteiger partial charge in [-0.1, -0.05) is 32.1 Å². The smallest absolute Gasteiger partial charge is 0.284 e. The average molecular weight is 192 g/mol. The highest BCUT2D eigenvalue weighted by atomic mass is 16.6. The van der Waals surface area contributed by atoms with Gasteiger partial charge in [0.05, 0.1) is 7.11 Å². The Balaban J connectivity index is 2.73. The average Bonchev–Trinajstić information content (AvgIpc) is 2.63. The minimum atomic E-state index is 0.00447. The largest absolute Gasteiger partial charge is 0.468 e. The highest BCUT2D eigenvalue weighted by Gasteiger charge is 2.07. The molecule has 0 radical (unpaired) electrons. The second-order valence-electron chi connectivity index (χ2n) is 3.76. The van der Waals surface area contributed by atoms with Gasteiger partial charge in [0.1, 0.15) is 6.26 Å². The predicted molar refractivity (Wildman–Crippen MR) is 58.3 cm³/mol. The summed E-state index contributed by atoms with van der Waals surface area (Å²) < 4.78 is 10.0. The third-order valence-corrected chi connectivity index (χ3v) is 2.03. The van der Waals surface area contributed by atoms with E-state index in [9.17, 15) is 0 Å². The summed E-state index contributed by atoms with van der Waals surface area (Å²) in [5, 5.41) is 0. The van der Waals surface area contributed by atoms with Gasteiger partial charge in [-0.25, -0.2) is 0 Å². The normalized spacial score (nSPS) is 11.9. The first-order chi connectivity index (χ1) is 6.57. The predicted octanol–water partition coefficient (Wildman–Crippen LogP) is 3.51. The van der Waals surface area contributed by atoms with Crippen LogP contribution in [-0.4, -0.2) is 7.11 Å². The Labute approximate surface area is 84.9 Å². The molecule has 1 aromatic rings. The van der Waals surface area contributed by atoms with Gasteiger partial charge in [0.25, 0.3) is 5.95 Å². The molecular formula is C12H16O2. The van der Waals surface area contributed by atoms with E-state index in [0.29, 0.717) is 5.95 Å². The Kier molecular flexibility index (Phi) is 3.18. The van der Waals surface area contributed by atoms with Crippen LogP contribution in [0.5, 0.6) is 5.95 Å². The van der Waals surface area contributed by atoms with Gasteiger partial charge < -0.3 is 9.15 Å². The molecule has 0 amide bonds. The zero-order valence-electron chi connectivity index (χ0n) is 8.91. The van der Waals surface area contributed by atoms with Crippen LogP contribution in [0.15, 0.2) is 35.5 Å². The van der Waals surface area contributed by atoms with Gasteiger partial charge in [0.15, 0.2) is 0 Å². The standard InChI is InChI=1S/C12H16O2/c1-5-12(2,3)7-6-10-8-11(13-4)14-9-10/h5-9H,1H2,2-4H3/b7-6+. The Morgan fingerprint density at radius 3 is 2.71 bits per heavy atom. The molecule has 0 N–H and O–H groups in total. The highest BCUT2D eigenvalue weighted by molar-refractivity contribution is 5.50. The van der Waals surface area contributed by atoms with E-state index in [0.717, 1.165) is 5.56 Å². The summed E-state index contributed by atoms with van der Waals surface area (Å²) in [6.07, 6.45) is 7.63. The summed E-state index contributed by atoms with van der Waals surface area (Å²) in [5.74, 6) is 0.529. The van der Waals surface area contributed by atoms with E-state index in [2.05, 4.69) is 26.5 Å². The van der Waals surface area contributed by atoms with E-state index in [-0.39, 0.29) is 5.41 Å². The lowest BCUT2D eigenvalue weighted by atomic mass is 9.93. The van der Waals surface area contributed by atoms with Gasteiger partial charge in [-0.15, -0.1) is 6.58 Å². The summed E-state index contributed by atoms with van der Waals surface area (Å²) in [5.41, 5.74) is 1.00. The fourth-order valence-corrected chi connectivity index (χ4v) is 0.904. The second kappa shape index (κ2) is 4.18. The van der Waals surface area contributed by atoms with Crippen molar-refractivity contribution in [3.63, 3.8) is 0 Å². The maximum Gasteiger partial charge on any atom is 0.284 e. The van der Waals surface area contributed by atoms with Crippen LogP contribution >= 0.6 is 0 Å². The van der Waals surface area contributed by atoms with E-state index in [1.54, 1.807) is 13.4 Å². The highest BCUT2D eigenvalue weighted by Crippen LogP contribution is 2.22. The summed E-state index contributed by atoms with van der Waals surface area (Å²) in [4.78, 5) is 0. The van der Waals surface area contributed by atoms with Crippen molar-refractivity contribution >= 4 is 6.08 Å². The molecule has 0 saturated heterocycles. The molecule has 0 unspecified atom stereocenters. The monoisotopic (exact) mass is 192 g/mol. The first-order valence-electron chi connectivity index (χ1n) is 4.53. The Morgan fingerprint density at radius 1 is 1.50 bits per heavy atom. The lowest BCUT2D eigenvalue weighted by Gasteiger charge is -2.12. The first kappa shape index (κ1) is 10.6. The fraction of sp³-hybridized carbons (Fsp3) is 0.333. The van der Waals surface area contributed by atoms with Crippen LogP contribution < -0.4 is 4.74 Å². The molecule has 0 aliphatic rings. The molecule has 76 valence electrons. The summed E-state index contributed by atoms with van der Waals surface area (Å²) >= 11 is 0. The molecule has 0 aliphatic heterocycles. The topological polar surface area (TPSA) is 22.4 Å². The molecule has 2 heteroatoms. The van der Waals surface area contributed by atoms with E-state index in [1.807, 2.05) is 18.2 Å². The summed E-state index contributed by atoms with van der Waals surface area (Å²) in [7, 11) is 1.58. The molecule has 0 spiro atoms. The molecule has 2 nitrogen and oxygen atoms in total. The summed E-state index contributed by atoms with van der Waals surface area (Å²) in [6.45, 7) is 7.95. The number of methoxy groups -OCH3 is 1. The lowest BCUT2D eigenvalue weighted by molar-refractivity contribution is 0.305. The quantitative estimate of drug-likeness (QED) is 0.681. The van der Waals surface area contributed by atoms with Crippen molar-refractivity contribution in [2.45, 2.75) is 13.8 Å². The third kappa shape index (κ3) is 2.80. The van der Waals surface area contributed by atoms with Gasteiger partial charge in [-0.05, 0) is 0 Å². The number of ether oxygens (including phenoxy) is 1. The van der Waals surface area contributed by atoms with E-state index < -0.39 is 0 Å². The van der Waals surface area contributed by atoms with Crippen LogP contribution in [0.3, 0.4) is 0 Å². The minimum Gasteiger partial charge on any atom is -0.468 e. The molecule has 0 bridgehead atoms. The molecule has 0 aliphatic carbocycles. The number of furan rings is 1. The molecule has 0 saturated carbocycles. The van der Waals surface area contributed by atoms with Gasteiger partial charge in [0.2, 0.25) is 0 Å². The Hall–Kier alpha value is -1.44. The number of rotatable bonds is 4. The number of hydrogen-bond acceptors (Lipinski definition) is 2. The third-order valence-electron chi connectivity index (χ3n) is 2.03. The van der Waals surface area contributed by atoms with Gasteiger partial charge in [0, 0.05) is 17.0 Å². The molecule has 14 heavy (non-hydrogen) atoms.